The van der Waals surface area contributed by atoms with E-state index in [4.69, 9.17) is 0 Å². The van der Waals surface area contributed by atoms with Gasteiger partial charge < -0.3 is 5.11 Å². The lowest BCUT2D eigenvalue weighted by molar-refractivity contribution is -0.0364. The number of hydrogen-bond donors (Lipinski definition) is 1. The predicted molar refractivity (Wildman–Crippen MR) is 131 cm³/mol. The summed E-state index contributed by atoms with van der Waals surface area (Å²) in [6.07, 6.45) is 5.60. The number of aromatic nitrogens is 4. The first kappa shape index (κ1) is 23.5. The number of aliphatic hydroxyl groups is 1. The molecule has 1 aliphatic heterocycles. The molecule has 0 spiro atoms. The molecule has 10 heteroatoms. The van der Waals surface area contributed by atoms with Crippen LogP contribution in [0.3, 0.4) is 0 Å². The van der Waals surface area contributed by atoms with Gasteiger partial charge in [0.1, 0.15) is 17.5 Å². The minimum absolute atomic E-state index is 0.154. The van der Waals surface area contributed by atoms with Gasteiger partial charge in [-0.3, -0.25) is 18.5 Å². The van der Waals surface area contributed by atoms with Gasteiger partial charge in [-0.25, -0.2) is 14.1 Å². The first-order valence-corrected chi connectivity index (χ1v) is 12.9. The normalized spacial score (nSPS) is 17.0. The van der Waals surface area contributed by atoms with Crippen LogP contribution >= 0.6 is 0 Å². The van der Waals surface area contributed by atoms with Crippen LogP contribution in [0.25, 0.3) is 16.7 Å². The smallest absolute Gasteiger partial charge is 0.264 e. The summed E-state index contributed by atoms with van der Waals surface area (Å²) in [6, 6.07) is 13.6. The maximum atomic E-state index is 13.1. The number of nitrogens with zero attached hydrogens (tertiary/aromatic N) is 5. The second-order valence-corrected chi connectivity index (χ2v) is 10.4. The number of halogens is 1. The summed E-state index contributed by atoms with van der Waals surface area (Å²) in [5.74, 6) is -0.254. The molecule has 2 aromatic carbocycles. The van der Waals surface area contributed by atoms with Gasteiger partial charge in [0.05, 0.1) is 24.0 Å². The van der Waals surface area contributed by atoms with Gasteiger partial charge >= 0.3 is 0 Å². The molecule has 2 aromatic heterocycles. The van der Waals surface area contributed by atoms with Crippen LogP contribution in [0.2, 0.25) is 0 Å². The third-order valence-corrected chi connectivity index (χ3v) is 7.47. The van der Waals surface area contributed by atoms with Crippen LogP contribution in [0.15, 0.2) is 70.7 Å². The molecule has 4 aromatic rings. The third kappa shape index (κ3) is 4.95. The fraction of sp³-hybridized carbons (Fsp3) is 0.320. The van der Waals surface area contributed by atoms with Gasteiger partial charge in [0.2, 0.25) is 0 Å². The Bertz CT molecular complexity index is 1420. The van der Waals surface area contributed by atoms with Gasteiger partial charge in [-0.15, -0.1) is 0 Å². The molecule has 35 heavy (non-hydrogen) atoms. The van der Waals surface area contributed by atoms with Crippen molar-refractivity contribution < 1.29 is 13.7 Å². The second kappa shape index (κ2) is 9.44. The van der Waals surface area contributed by atoms with Crippen LogP contribution in [0.1, 0.15) is 18.4 Å². The fourth-order valence-corrected chi connectivity index (χ4v) is 5.00. The van der Waals surface area contributed by atoms with Crippen LogP contribution < -0.4 is 5.56 Å². The van der Waals surface area contributed by atoms with Gasteiger partial charge in [-0.05, 0) is 54.8 Å². The highest BCUT2D eigenvalue weighted by atomic mass is 32.2. The minimum Gasteiger partial charge on any atom is -0.388 e. The predicted octanol–water partition coefficient (Wildman–Crippen LogP) is 2.49. The molecule has 0 unspecified atom stereocenters. The summed E-state index contributed by atoms with van der Waals surface area (Å²) >= 11 is 0. The Balaban J connectivity index is 1.30. The van der Waals surface area contributed by atoms with E-state index in [1.807, 2.05) is 0 Å². The summed E-state index contributed by atoms with van der Waals surface area (Å²) in [5, 5.41) is 15.9. The van der Waals surface area contributed by atoms with Crippen molar-refractivity contribution in [3.8, 4) is 5.69 Å². The summed E-state index contributed by atoms with van der Waals surface area (Å²) in [5.41, 5.74) is 0.899. The van der Waals surface area contributed by atoms with E-state index in [0.717, 1.165) is 5.56 Å². The molecule has 1 saturated heterocycles. The third-order valence-electron chi connectivity index (χ3n) is 6.54. The maximum absolute atomic E-state index is 13.1. The number of rotatable bonds is 6. The molecule has 1 aliphatic rings. The highest BCUT2D eigenvalue weighted by Crippen LogP contribution is 2.25. The number of piperidine rings is 1. The van der Waals surface area contributed by atoms with Gasteiger partial charge in [0.25, 0.3) is 5.56 Å². The Kier molecular flexibility index (Phi) is 6.35. The zero-order valence-electron chi connectivity index (χ0n) is 19.3. The molecule has 0 bridgehead atoms. The number of fused-ring (bicyclic) bond motifs is 1. The molecule has 0 saturated carbocycles. The first-order chi connectivity index (χ1) is 16.8. The summed E-state index contributed by atoms with van der Waals surface area (Å²) < 4.78 is 27.8. The Morgan fingerprint density at radius 2 is 1.77 bits per heavy atom. The lowest BCUT2D eigenvalue weighted by Crippen LogP contribution is -2.47. The highest BCUT2D eigenvalue weighted by Gasteiger charge is 2.33. The van der Waals surface area contributed by atoms with Crippen molar-refractivity contribution in [3.05, 3.63) is 82.8 Å². The molecule has 1 fully saturated rings. The summed E-state index contributed by atoms with van der Waals surface area (Å²) in [6.45, 7) is 2.20. The Morgan fingerprint density at radius 3 is 2.43 bits per heavy atom. The number of hydrogen-bond acceptors (Lipinski definition) is 6. The molecule has 182 valence electrons. The Morgan fingerprint density at radius 1 is 1.09 bits per heavy atom. The van der Waals surface area contributed by atoms with E-state index in [9.17, 15) is 18.5 Å². The van der Waals surface area contributed by atoms with Crippen molar-refractivity contribution in [1.82, 2.24) is 24.2 Å². The van der Waals surface area contributed by atoms with Crippen molar-refractivity contribution in [1.29, 1.82) is 0 Å². The molecular formula is C25H26FN5O3S. The summed E-state index contributed by atoms with van der Waals surface area (Å²) in [7, 11) is -1.08. The Labute approximate surface area is 204 Å². The van der Waals surface area contributed by atoms with Gasteiger partial charge in [-0.2, -0.15) is 5.10 Å². The summed E-state index contributed by atoms with van der Waals surface area (Å²) in [4.78, 5) is 20.5. The van der Waals surface area contributed by atoms with E-state index < -0.39 is 16.4 Å². The number of likely N-dealkylation sites (tertiary alicyclic amines) is 1. The largest absolute Gasteiger partial charge is 0.388 e. The molecule has 0 aliphatic carbocycles. The van der Waals surface area contributed by atoms with Crippen LogP contribution in [-0.4, -0.2) is 58.5 Å². The van der Waals surface area contributed by atoms with Crippen molar-refractivity contribution in [2.75, 3.05) is 19.3 Å². The highest BCUT2D eigenvalue weighted by molar-refractivity contribution is 7.84. The first-order valence-electron chi connectivity index (χ1n) is 11.4. The van der Waals surface area contributed by atoms with E-state index in [2.05, 4.69) is 15.0 Å². The molecule has 0 radical (unpaired) electrons. The molecule has 1 atom stereocenters. The zero-order chi connectivity index (χ0) is 24.6. The van der Waals surface area contributed by atoms with E-state index >= 15 is 0 Å². The lowest BCUT2D eigenvalue weighted by atomic mass is 9.91. The minimum atomic E-state index is -1.08. The maximum Gasteiger partial charge on any atom is 0.264 e. The average molecular weight is 496 g/mol. The molecular weight excluding hydrogens is 469 g/mol. The average Bonchev–Trinajstić information content (AvgIpc) is 3.29. The van der Waals surface area contributed by atoms with Crippen LogP contribution in [-0.2, 0) is 23.9 Å². The SMILES string of the molecule is C[S@](=O)c1ccc(-n2ncc3c(=O)n(CC4(O)CCN(Cc5ccc(F)cc5)CC4)cnc32)cc1. The van der Waals surface area contributed by atoms with E-state index in [1.165, 1.54) is 29.2 Å². The van der Waals surface area contributed by atoms with Crippen molar-refractivity contribution in [2.45, 2.75) is 36.4 Å². The van der Waals surface area contributed by atoms with Crippen molar-refractivity contribution in [3.63, 3.8) is 0 Å². The van der Waals surface area contributed by atoms with Crippen molar-refractivity contribution >= 4 is 21.8 Å². The van der Waals surface area contributed by atoms with E-state index in [0.29, 0.717) is 54.1 Å². The van der Waals surface area contributed by atoms with Crippen LogP contribution in [0.4, 0.5) is 4.39 Å². The molecule has 1 N–H and O–H groups in total. The fourth-order valence-electron chi connectivity index (χ4n) is 4.48. The van der Waals surface area contributed by atoms with Crippen LogP contribution in [0.5, 0.6) is 0 Å². The Hall–Kier alpha value is -3.21. The molecule has 8 nitrogen and oxygen atoms in total. The zero-order valence-corrected chi connectivity index (χ0v) is 20.1. The topological polar surface area (TPSA) is 93.2 Å². The number of benzene rings is 2. The molecule has 3 heterocycles. The van der Waals surface area contributed by atoms with Gasteiger partial charge in [0.15, 0.2) is 5.65 Å². The second-order valence-electron chi connectivity index (χ2n) is 9.05. The molecule has 5 rings (SSSR count). The van der Waals surface area contributed by atoms with E-state index in [-0.39, 0.29) is 17.9 Å². The standard InChI is InChI=1S/C25H26FN5O3S/c1-35(34)21-8-6-20(7-9-21)31-23-22(14-28-31)24(32)30(17-27-23)16-25(33)10-12-29(13-11-25)15-18-2-4-19(26)5-3-18/h2-9,14,17,33H,10-13,15-16H2,1H3/t35-/m0/s1. The lowest BCUT2D eigenvalue weighted by Gasteiger charge is -2.38. The van der Waals surface area contributed by atoms with Crippen molar-refractivity contribution in [2.24, 2.45) is 0 Å². The quantitative estimate of drug-likeness (QED) is 0.442. The van der Waals surface area contributed by atoms with Gasteiger partial charge in [0, 0.05) is 41.6 Å². The molecule has 0 amide bonds. The monoisotopic (exact) mass is 495 g/mol. The van der Waals surface area contributed by atoms with E-state index in [1.54, 1.807) is 47.3 Å². The van der Waals surface area contributed by atoms with Crippen LogP contribution in [0, 0.1) is 5.82 Å². The van der Waals surface area contributed by atoms with Gasteiger partial charge in [-0.1, -0.05) is 12.1 Å².